The van der Waals surface area contributed by atoms with Crippen molar-refractivity contribution in [3.8, 4) is 0 Å². The fraction of sp³-hybridized carbons (Fsp3) is 0.818. The molecular formula is C11H22N2O4. The number of carbonyl (C=O) groups excluding carboxylic acids is 2. The highest BCUT2D eigenvalue weighted by Gasteiger charge is 2.27. The summed E-state index contributed by atoms with van der Waals surface area (Å²) in [5.41, 5.74) is -0.549. The largest absolute Gasteiger partial charge is 0.463 e. The summed E-state index contributed by atoms with van der Waals surface area (Å²) < 4.78 is 5.05. The van der Waals surface area contributed by atoms with Crippen molar-refractivity contribution in [1.29, 1.82) is 0 Å². The van der Waals surface area contributed by atoms with Crippen LogP contribution in [0.4, 0.5) is 4.79 Å². The van der Waals surface area contributed by atoms with Crippen molar-refractivity contribution in [1.82, 2.24) is 10.6 Å². The smallest absolute Gasteiger partial charge is 0.314 e. The molecule has 0 saturated carbocycles. The maximum Gasteiger partial charge on any atom is 0.314 e. The second-order valence-electron chi connectivity index (χ2n) is 4.44. The Morgan fingerprint density at radius 1 is 1.41 bits per heavy atom. The third-order valence-electron chi connectivity index (χ3n) is 2.63. The van der Waals surface area contributed by atoms with Gasteiger partial charge in [0.25, 0.3) is 0 Å². The molecular weight excluding hydrogens is 224 g/mol. The lowest BCUT2D eigenvalue weighted by molar-refractivity contribution is -0.155. The molecule has 6 heteroatoms. The van der Waals surface area contributed by atoms with E-state index in [1.165, 1.54) is 7.05 Å². The van der Waals surface area contributed by atoms with Crippen LogP contribution in [-0.2, 0) is 9.53 Å². The summed E-state index contributed by atoms with van der Waals surface area (Å²) in [5.74, 6) is -0.336. The quantitative estimate of drug-likeness (QED) is 0.586. The van der Waals surface area contributed by atoms with E-state index in [2.05, 4.69) is 10.6 Å². The molecule has 0 heterocycles. The molecule has 0 aliphatic heterocycles. The van der Waals surface area contributed by atoms with Crippen LogP contribution in [0.25, 0.3) is 0 Å². The number of rotatable bonds is 6. The Kier molecular flexibility index (Phi) is 6.57. The van der Waals surface area contributed by atoms with Crippen LogP contribution in [0.1, 0.15) is 27.2 Å². The van der Waals surface area contributed by atoms with Gasteiger partial charge < -0.3 is 20.5 Å². The van der Waals surface area contributed by atoms with Gasteiger partial charge in [-0.15, -0.1) is 0 Å². The first-order valence-electron chi connectivity index (χ1n) is 5.63. The van der Waals surface area contributed by atoms with E-state index in [4.69, 9.17) is 9.84 Å². The molecule has 0 spiro atoms. The summed E-state index contributed by atoms with van der Waals surface area (Å²) in [6.07, 6.45) is 0.665. The molecule has 2 amide bonds. The minimum Gasteiger partial charge on any atom is -0.463 e. The molecule has 0 radical (unpaired) electrons. The van der Waals surface area contributed by atoms with E-state index in [1.54, 1.807) is 13.8 Å². The van der Waals surface area contributed by atoms with Crippen molar-refractivity contribution in [2.45, 2.75) is 33.2 Å². The van der Waals surface area contributed by atoms with Crippen LogP contribution in [-0.4, -0.2) is 43.4 Å². The van der Waals surface area contributed by atoms with E-state index in [0.717, 1.165) is 0 Å². The minimum absolute atomic E-state index is 0.0355. The zero-order valence-corrected chi connectivity index (χ0v) is 10.9. The van der Waals surface area contributed by atoms with Gasteiger partial charge >= 0.3 is 12.0 Å². The molecule has 17 heavy (non-hydrogen) atoms. The van der Waals surface area contributed by atoms with Crippen molar-refractivity contribution in [3.05, 3.63) is 0 Å². The average molecular weight is 246 g/mol. The molecule has 100 valence electrons. The molecule has 0 aliphatic rings. The highest BCUT2D eigenvalue weighted by atomic mass is 16.5. The molecule has 0 fully saturated rings. The van der Waals surface area contributed by atoms with Gasteiger partial charge in [-0.2, -0.15) is 0 Å². The van der Waals surface area contributed by atoms with Gasteiger partial charge in [-0.1, -0.05) is 6.92 Å². The predicted molar refractivity (Wildman–Crippen MR) is 63.5 cm³/mol. The molecule has 0 aromatic rings. The van der Waals surface area contributed by atoms with Gasteiger partial charge in [0.05, 0.1) is 18.1 Å². The number of esters is 1. The highest BCUT2D eigenvalue weighted by Crippen LogP contribution is 2.21. The second kappa shape index (κ2) is 7.11. The van der Waals surface area contributed by atoms with Crippen LogP contribution in [0.2, 0.25) is 0 Å². The Labute approximate surface area is 102 Å². The topological polar surface area (TPSA) is 87.7 Å². The summed E-state index contributed by atoms with van der Waals surface area (Å²) in [7, 11) is 1.47. The molecule has 1 atom stereocenters. The zero-order valence-electron chi connectivity index (χ0n) is 10.9. The van der Waals surface area contributed by atoms with Gasteiger partial charge in [-0.05, 0) is 20.3 Å². The Morgan fingerprint density at radius 3 is 2.41 bits per heavy atom. The standard InChI is InChI=1S/C11H22N2O4/c1-5-11(2,3)9(15)17-7-8(6-14)13-10(16)12-4/h8,14H,5-7H2,1-4H3,(H2,12,13,16). The number of amides is 2. The molecule has 1 unspecified atom stereocenters. The second-order valence-corrected chi connectivity index (χ2v) is 4.44. The molecule has 0 bridgehead atoms. The van der Waals surface area contributed by atoms with Crippen molar-refractivity contribution < 1.29 is 19.4 Å². The summed E-state index contributed by atoms with van der Waals surface area (Å²) in [6.45, 7) is 5.15. The molecule has 6 nitrogen and oxygen atoms in total. The molecule has 0 rings (SSSR count). The Bertz CT molecular complexity index is 266. The number of hydrogen-bond donors (Lipinski definition) is 3. The normalized spacial score (nSPS) is 12.8. The number of carbonyl (C=O) groups is 2. The summed E-state index contributed by atoms with van der Waals surface area (Å²) in [5, 5.41) is 13.8. The van der Waals surface area contributed by atoms with Gasteiger partial charge in [-0.3, -0.25) is 4.79 Å². The third-order valence-corrected chi connectivity index (χ3v) is 2.63. The van der Waals surface area contributed by atoms with Crippen molar-refractivity contribution in [2.24, 2.45) is 5.41 Å². The van der Waals surface area contributed by atoms with Crippen LogP contribution in [0.15, 0.2) is 0 Å². The Hall–Kier alpha value is -1.30. The number of aliphatic hydroxyl groups is 1. The highest BCUT2D eigenvalue weighted by molar-refractivity contribution is 5.76. The Balaban J connectivity index is 4.15. The average Bonchev–Trinajstić information content (AvgIpc) is 2.33. The lowest BCUT2D eigenvalue weighted by Crippen LogP contribution is -2.45. The molecule has 3 N–H and O–H groups in total. The first-order chi connectivity index (χ1) is 7.87. The zero-order chi connectivity index (χ0) is 13.5. The summed E-state index contributed by atoms with van der Waals surface area (Å²) in [4.78, 5) is 22.6. The van der Waals surface area contributed by atoms with E-state index >= 15 is 0 Å². The minimum atomic E-state index is -0.591. The Morgan fingerprint density at radius 2 is 2.00 bits per heavy atom. The van der Waals surface area contributed by atoms with E-state index in [-0.39, 0.29) is 19.2 Å². The van der Waals surface area contributed by atoms with Crippen molar-refractivity contribution in [2.75, 3.05) is 20.3 Å². The van der Waals surface area contributed by atoms with Gasteiger partial charge in [0, 0.05) is 7.05 Å². The van der Waals surface area contributed by atoms with Crippen LogP contribution >= 0.6 is 0 Å². The van der Waals surface area contributed by atoms with Gasteiger partial charge in [0.1, 0.15) is 6.61 Å². The summed E-state index contributed by atoms with van der Waals surface area (Å²) >= 11 is 0. The van der Waals surface area contributed by atoms with E-state index < -0.39 is 17.5 Å². The fourth-order valence-electron chi connectivity index (χ4n) is 0.914. The number of hydrogen-bond acceptors (Lipinski definition) is 4. The lowest BCUT2D eigenvalue weighted by Gasteiger charge is -2.22. The first-order valence-corrected chi connectivity index (χ1v) is 5.63. The lowest BCUT2D eigenvalue weighted by atomic mass is 9.91. The maximum atomic E-state index is 11.6. The van der Waals surface area contributed by atoms with Crippen LogP contribution in [0, 0.1) is 5.41 Å². The predicted octanol–water partition coefficient (Wildman–Crippen LogP) is 0.256. The molecule has 0 aromatic heterocycles. The third kappa shape index (κ3) is 5.53. The monoisotopic (exact) mass is 246 g/mol. The van der Waals surface area contributed by atoms with E-state index in [9.17, 15) is 9.59 Å². The van der Waals surface area contributed by atoms with Gasteiger partial charge in [-0.25, -0.2) is 4.79 Å². The number of ether oxygens (including phenoxy) is 1. The van der Waals surface area contributed by atoms with Gasteiger partial charge in [0.15, 0.2) is 0 Å². The molecule has 0 aliphatic carbocycles. The summed E-state index contributed by atoms with van der Waals surface area (Å²) in [6, 6.07) is -1.01. The molecule has 0 aromatic carbocycles. The molecule has 0 saturated heterocycles. The first kappa shape index (κ1) is 15.7. The maximum absolute atomic E-state index is 11.6. The van der Waals surface area contributed by atoms with Crippen molar-refractivity contribution in [3.63, 3.8) is 0 Å². The van der Waals surface area contributed by atoms with Gasteiger partial charge in [0.2, 0.25) is 0 Å². The number of urea groups is 1. The van der Waals surface area contributed by atoms with E-state index in [1.807, 2.05) is 6.92 Å². The number of nitrogens with one attached hydrogen (secondary N) is 2. The fourth-order valence-corrected chi connectivity index (χ4v) is 0.914. The van der Waals surface area contributed by atoms with Crippen LogP contribution in [0.5, 0.6) is 0 Å². The van der Waals surface area contributed by atoms with E-state index in [0.29, 0.717) is 6.42 Å². The van der Waals surface area contributed by atoms with Crippen LogP contribution in [0.3, 0.4) is 0 Å². The van der Waals surface area contributed by atoms with Crippen molar-refractivity contribution >= 4 is 12.0 Å². The van der Waals surface area contributed by atoms with Crippen LogP contribution < -0.4 is 10.6 Å². The SMILES string of the molecule is CCC(C)(C)C(=O)OCC(CO)NC(=O)NC. The number of aliphatic hydroxyl groups excluding tert-OH is 1.